The number of methoxy groups -OCH3 is 1. The van der Waals surface area contributed by atoms with E-state index < -0.39 is 12.0 Å². The highest BCUT2D eigenvalue weighted by atomic mass is 35.5. The van der Waals surface area contributed by atoms with Crippen LogP contribution < -0.4 is 19.8 Å². The van der Waals surface area contributed by atoms with E-state index >= 15 is 0 Å². The Hall–Kier alpha value is -3.49. The van der Waals surface area contributed by atoms with Crippen molar-refractivity contribution in [2.45, 2.75) is 19.9 Å². The van der Waals surface area contributed by atoms with Crippen LogP contribution in [0.3, 0.4) is 0 Å². The fourth-order valence-electron chi connectivity index (χ4n) is 4.52. The molecule has 2 aromatic carbocycles. The Morgan fingerprint density at radius 3 is 2.53 bits per heavy atom. The number of aromatic nitrogens is 1. The van der Waals surface area contributed by atoms with Gasteiger partial charge in [0.2, 0.25) is 0 Å². The first kappa shape index (κ1) is 22.3. The van der Waals surface area contributed by atoms with E-state index in [0.29, 0.717) is 43.3 Å². The number of hydrogen-bond acceptors (Lipinski definition) is 6. The number of hydrogen-bond donors (Lipinski definition) is 0. The van der Waals surface area contributed by atoms with Crippen molar-refractivity contribution in [1.29, 1.82) is 0 Å². The van der Waals surface area contributed by atoms with E-state index in [2.05, 4.69) is 4.99 Å². The molecule has 34 heavy (non-hydrogen) atoms. The van der Waals surface area contributed by atoms with Crippen molar-refractivity contribution in [2.24, 2.45) is 4.99 Å². The van der Waals surface area contributed by atoms with Crippen molar-refractivity contribution < 1.29 is 14.3 Å². The lowest BCUT2D eigenvalue weighted by molar-refractivity contribution is -0.136. The molecular formula is C25H20ClN3O4S. The molecule has 3 heterocycles. The van der Waals surface area contributed by atoms with Crippen LogP contribution in [-0.4, -0.2) is 30.1 Å². The molecule has 9 heteroatoms. The van der Waals surface area contributed by atoms with Gasteiger partial charge < -0.3 is 9.64 Å². The van der Waals surface area contributed by atoms with Crippen molar-refractivity contribution in [3.63, 3.8) is 0 Å². The third-order valence-electron chi connectivity index (χ3n) is 6.05. The first-order valence-corrected chi connectivity index (χ1v) is 11.9. The molecule has 2 aliphatic heterocycles. The summed E-state index contributed by atoms with van der Waals surface area (Å²) < 4.78 is 6.80. The smallest absolute Gasteiger partial charge is 0.338 e. The SMILES string of the molecule is CCN1C(=O)C(=c2sc3n(c2=O)C(c2ccc(Cl)cc2)C(C(=O)OC)=C(C)N=3)c2ccccc21. The normalized spacial score (nSPS) is 18.5. The fraction of sp³-hybridized carbons (Fsp3) is 0.200. The third kappa shape index (κ3) is 3.25. The highest BCUT2D eigenvalue weighted by molar-refractivity contribution is 7.07. The van der Waals surface area contributed by atoms with Crippen molar-refractivity contribution in [2.75, 3.05) is 18.6 Å². The predicted molar refractivity (Wildman–Crippen MR) is 131 cm³/mol. The molecule has 0 bridgehead atoms. The van der Waals surface area contributed by atoms with Gasteiger partial charge in [-0.2, -0.15) is 0 Å². The molecule has 1 aromatic heterocycles. The summed E-state index contributed by atoms with van der Waals surface area (Å²) in [6, 6.07) is 13.6. The highest BCUT2D eigenvalue weighted by Crippen LogP contribution is 2.35. The molecule has 2 aliphatic rings. The van der Waals surface area contributed by atoms with Crippen LogP contribution in [0.5, 0.6) is 0 Å². The minimum atomic E-state index is -0.760. The van der Waals surface area contributed by atoms with Gasteiger partial charge in [-0.05, 0) is 37.6 Å². The number of thiazole rings is 1. The number of allylic oxidation sites excluding steroid dienone is 1. The average Bonchev–Trinajstić information content (AvgIpc) is 3.30. The Bertz CT molecular complexity index is 1570. The summed E-state index contributed by atoms with van der Waals surface area (Å²) in [7, 11) is 1.29. The van der Waals surface area contributed by atoms with E-state index in [0.717, 1.165) is 17.0 Å². The van der Waals surface area contributed by atoms with E-state index in [1.54, 1.807) is 36.1 Å². The lowest BCUT2D eigenvalue weighted by Crippen LogP contribution is -2.40. The number of likely N-dealkylation sites (N-methyl/N-ethyl adjacent to an activating group) is 1. The minimum Gasteiger partial charge on any atom is -0.466 e. The van der Waals surface area contributed by atoms with E-state index in [9.17, 15) is 14.4 Å². The lowest BCUT2D eigenvalue weighted by Gasteiger charge is -2.24. The van der Waals surface area contributed by atoms with Gasteiger partial charge in [-0.25, -0.2) is 9.79 Å². The molecule has 3 aromatic rings. The molecule has 0 spiro atoms. The molecule has 0 aliphatic carbocycles. The van der Waals surface area contributed by atoms with Gasteiger partial charge in [-0.15, -0.1) is 0 Å². The first-order valence-electron chi connectivity index (χ1n) is 10.7. The molecule has 7 nitrogen and oxygen atoms in total. The number of carbonyl (C=O) groups is 2. The summed E-state index contributed by atoms with van der Waals surface area (Å²) in [4.78, 5) is 46.6. The van der Waals surface area contributed by atoms with E-state index in [-0.39, 0.29) is 17.0 Å². The van der Waals surface area contributed by atoms with Crippen molar-refractivity contribution >= 4 is 46.1 Å². The maximum absolute atomic E-state index is 13.9. The number of ether oxygens (including phenoxy) is 1. The zero-order chi connectivity index (χ0) is 24.1. The van der Waals surface area contributed by atoms with Crippen LogP contribution >= 0.6 is 22.9 Å². The fourth-order valence-corrected chi connectivity index (χ4v) is 5.78. The zero-order valence-corrected chi connectivity index (χ0v) is 20.2. The summed E-state index contributed by atoms with van der Waals surface area (Å²) >= 11 is 7.24. The van der Waals surface area contributed by atoms with Gasteiger partial charge >= 0.3 is 5.97 Å². The third-order valence-corrected chi connectivity index (χ3v) is 7.36. The number of carbonyl (C=O) groups excluding carboxylic acids is 2. The molecule has 0 fully saturated rings. The van der Waals surface area contributed by atoms with Crippen LogP contribution in [0.4, 0.5) is 5.69 Å². The van der Waals surface area contributed by atoms with Gasteiger partial charge in [-0.1, -0.05) is 53.3 Å². The summed E-state index contributed by atoms with van der Waals surface area (Å²) in [5.74, 6) is -0.792. The molecule has 1 atom stereocenters. The molecule has 1 amide bonds. The predicted octanol–water partition coefficient (Wildman–Crippen LogP) is 2.80. The first-order chi connectivity index (χ1) is 16.4. The summed E-state index contributed by atoms with van der Waals surface area (Å²) in [5, 5.41) is 0.534. The minimum absolute atomic E-state index is 0.221. The molecule has 0 saturated heterocycles. The van der Waals surface area contributed by atoms with E-state index in [1.807, 2.05) is 31.2 Å². The number of fused-ring (bicyclic) bond motifs is 2. The van der Waals surface area contributed by atoms with Gasteiger partial charge in [0, 0.05) is 17.1 Å². The molecule has 0 saturated carbocycles. The quantitative estimate of drug-likeness (QED) is 0.525. The van der Waals surface area contributed by atoms with Crippen LogP contribution in [0.2, 0.25) is 5.02 Å². The van der Waals surface area contributed by atoms with Crippen LogP contribution in [0.15, 0.2) is 69.6 Å². The van der Waals surface area contributed by atoms with Gasteiger partial charge in [0.25, 0.3) is 11.5 Å². The second-order valence-electron chi connectivity index (χ2n) is 7.89. The summed E-state index contributed by atoms with van der Waals surface area (Å²) in [6.07, 6.45) is 0. The van der Waals surface area contributed by atoms with Crippen molar-refractivity contribution in [1.82, 2.24) is 4.57 Å². The zero-order valence-electron chi connectivity index (χ0n) is 18.7. The molecule has 0 radical (unpaired) electrons. The Balaban J connectivity index is 1.85. The molecule has 0 N–H and O–H groups in total. The lowest BCUT2D eigenvalue weighted by atomic mass is 9.96. The molecule has 5 rings (SSSR count). The second kappa shape index (κ2) is 8.38. The van der Waals surface area contributed by atoms with Gasteiger partial charge in [0.05, 0.1) is 35.7 Å². The summed E-state index contributed by atoms with van der Waals surface area (Å²) in [6.45, 7) is 4.09. The Morgan fingerprint density at radius 1 is 1.15 bits per heavy atom. The standard InChI is InChI=1S/C25H20ClN3O4S/c1-4-28-17-8-6-5-7-16(17)19(22(28)30)21-23(31)29-20(14-9-11-15(26)12-10-14)18(24(32)33-3)13(2)27-25(29)34-21/h5-12,20H,4H2,1-3H3. The number of esters is 1. The van der Waals surface area contributed by atoms with Gasteiger partial charge in [0.15, 0.2) is 4.80 Å². The molecule has 172 valence electrons. The van der Waals surface area contributed by atoms with Crippen molar-refractivity contribution in [3.8, 4) is 0 Å². The van der Waals surface area contributed by atoms with Gasteiger partial charge in [-0.3, -0.25) is 14.2 Å². The number of para-hydroxylation sites is 1. The Morgan fingerprint density at radius 2 is 1.85 bits per heavy atom. The van der Waals surface area contributed by atoms with Crippen LogP contribution in [0, 0.1) is 0 Å². The van der Waals surface area contributed by atoms with E-state index in [1.165, 1.54) is 11.7 Å². The van der Waals surface area contributed by atoms with Crippen molar-refractivity contribution in [3.05, 3.63) is 95.6 Å². The summed E-state index contributed by atoms with van der Waals surface area (Å²) in [5.41, 5.74) is 2.87. The second-order valence-corrected chi connectivity index (χ2v) is 9.30. The largest absolute Gasteiger partial charge is 0.466 e. The van der Waals surface area contributed by atoms with Crippen LogP contribution in [-0.2, 0) is 14.3 Å². The Labute approximate surface area is 203 Å². The number of benzene rings is 2. The van der Waals surface area contributed by atoms with Gasteiger partial charge in [0.1, 0.15) is 4.53 Å². The van der Waals surface area contributed by atoms with Crippen LogP contribution in [0.25, 0.3) is 5.57 Å². The van der Waals surface area contributed by atoms with E-state index in [4.69, 9.17) is 16.3 Å². The number of amides is 1. The Kier molecular flexibility index (Phi) is 5.50. The topological polar surface area (TPSA) is 81.0 Å². The monoisotopic (exact) mass is 493 g/mol. The highest BCUT2D eigenvalue weighted by Gasteiger charge is 2.36. The maximum atomic E-state index is 13.9. The maximum Gasteiger partial charge on any atom is 0.338 e. The average molecular weight is 494 g/mol. The number of nitrogens with zero attached hydrogens (tertiary/aromatic N) is 3. The number of halogens is 1. The number of rotatable bonds is 3. The number of anilines is 1. The molecular weight excluding hydrogens is 474 g/mol. The van der Waals surface area contributed by atoms with Crippen LogP contribution in [0.1, 0.15) is 31.0 Å². The molecule has 1 unspecified atom stereocenters.